The van der Waals surface area contributed by atoms with Crippen LogP contribution in [-0.2, 0) is 9.59 Å². The summed E-state index contributed by atoms with van der Waals surface area (Å²) in [7, 11) is 0. The van der Waals surface area contributed by atoms with E-state index in [1.165, 1.54) is 6.07 Å². The van der Waals surface area contributed by atoms with Crippen molar-refractivity contribution in [2.24, 2.45) is 0 Å². The summed E-state index contributed by atoms with van der Waals surface area (Å²) < 4.78 is 0. The van der Waals surface area contributed by atoms with Gasteiger partial charge >= 0.3 is 88.7 Å². The van der Waals surface area contributed by atoms with E-state index in [1.54, 1.807) is 0 Å². The summed E-state index contributed by atoms with van der Waals surface area (Å²) in [5, 5.41) is 32.2. The molecule has 0 saturated heterocycles. The molecule has 5 nitrogen and oxygen atoms in total. The average molecular weight is 309 g/mol. The van der Waals surface area contributed by atoms with Crippen molar-refractivity contribution >= 4 is 29.6 Å². The van der Waals surface area contributed by atoms with Crippen LogP contribution in [0.1, 0.15) is 5.56 Å². The van der Waals surface area contributed by atoms with Crippen molar-refractivity contribution in [1.82, 2.24) is 0 Å². The van der Waals surface area contributed by atoms with Gasteiger partial charge in [0, 0.05) is 10.6 Å². The quantitative estimate of drug-likeness (QED) is 0.239. The molecule has 0 aliphatic carbocycles. The molecule has 0 aromatic heterocycles. The van der Waals surface area contributed by atoms with E-state index in [0.717, 1.165) is 12.1 Å². The third-order valence-corrected chi connectivity index (χ3v) is 1.95. The molecule has 0 heterocycles. The molecule has 0 spiro atoms. The van der Waals surface area contributed by atoms with Crippen LogP contribution < -0.4 is 104 Å². The molecule has 9 heteroatoms. The molecule has 0 saturated carbocycles. The zero-order valence-electron chi connectivity index (χ0n) is 10.7. The van der Waals surface area contributed by atoms with Gasteiger partial charge in [-0.2, -0.15) is 0 Å². The maximum Gasteiger partial charge on any atom is 1.00 e. The maximum absolute atomic E-state index is 11.2. The fourth-order valence-electron chi connectivity index (χ4n) is 0.989. The number of rotatable bonds is 3. The Kier molecular flexibility index (Phi) is 15.3. The second-order valence-corrected chi connectivity index (χ2v) is 3.25. The van der Waals surface area contributed by atoms with Crippen molar-refractivity contribution in [3.05, 3.63) is 34.4 Å². The van der Waals surface area contributed by atoms with Gasteiger partial charge in [0.1, 0.15) is 0 Å². The van der Waals surface area contributed by atoms with E-state index in [-0.39, 0.29) is 99.3 Å². The molecule has 0 atom stereocenters. The number of hydrogen-bond donors (Lipinski definition) is 0. The van der Waals surface area contributed by atoms with Gasteiger partial charge in [-0.05, 0) is 23.8 Å². The molecule has 1 aromatic rings. The number of aliphatic carboxylic acids is 2. The maximum atomic E-state index is 11.2. The van der Waals surface area contributed by atoms with Gasteiger partial charge in [-0.1, -0.05) is 17.7 Å². The molecule has 0 aliphatic rings. The van der Waals surface area contributed by atoms with E-state index in [9.17, 15) is 24.9 Å². The van der Waals surface area contributed by atoms with Crippen LogP contribution in [0, 0.1) is 0 Å². The normalized spacial score (nSPS) is 8.05. The minimum Gasteiger partial charge on any atom is -0.872 e. The summed E-state index contributed by atoms with van der Waals surface area (Å²) in [5.41, 5.74) is -1.27. The molecule has 0 bridgehead atoms. The van der Waals surface area contributed by atoms with E-state index in [0.29, 0.717) is 6.08 Å². The van der Waals surface area contributed by atoms with Gasteiger partial charge < -0.3 is 24.9 Å². The molecule has 1 rings (SSSR count). The van der Waals surface area contributed by atoms with E-state index < -0.39 is 23.3 Å². The Labute approximate surface area is 180 Å². The van der Waals surface area contributed by atoms with Crippen molar-refractivity contribution in [3.63, 3.8) is 0 Å². The number of hydrogen-bond acceptors (Lipinski definition) is 5. The molecule has 0 amide bonds. The van der Waals surface area contributed by atoms with Crippen LogP contribution in [-0.4, -0.2) is 11.9 Å². The van der Waals surface area contributed by atoms with E-state index in [2.05, 4.69) is 0 Å². The van der Waals surface area contributed by atoms with Crippen LogP contribution in [0.4, 0.5) is 0 Å². The zero-order chi connectivity index (χ0) is 12.3. The van der Waals surface area contributed by atoms with Crippen LogP contribution in [0.3, 0.4) is 0 Å². The zero-order valence-corrected chi connectivity index (χ0v) is 17.5. The van der Waals surface area contributed by atoms with Crippen LogP contribution in [0.2, 0.25) is 5.02 Å². The molecule has 0 fully saturated rings. The Morgan fingerprint density at radius 1 is 1.05 bits per heavy atom. The molecule has 1 aromatic carbocycles. The van der Waals surface area contributed by atoms with Gasteiger partial charge in [-0.15, -0.1) is 5.75 Å². The van der Waals surface area contributed by atoms with Crippen LogP contribution >= 0.6 is 11.6 Å². The molecule has 0 radical (unpaired) electrons. The van der Waals surface area contributed by atoms with Gasteiger partial charge in [-0.3, -0.25) is 0 Å². The molecular formula is C10H4ClNa3O5. The topological polar surface area (TPSA) is 103 Å². The molecule has 0 N–H and O–H groups in total. The summed E-state index contributed by atoms with van der Waals surface area (Å²) in [6.45, 7) is 0. The standard InChI is InChI=1S/C10H7ClO5.3Na/c11-6-1-2-8(12)5(3-6)4-7(9(13)14)10(15)16;;;/h1-4,12H,(H,13,14)(H,15,16);;;/q;3*+1/p-3. The number of carbonyl (C=O) groups is 2. The van der Waals surface area contributed by atoms with Crippen molar-refractivity contribution in [2.75, 3.05) is 0 Å². The van der Waals surface area contributed by atoms with Gasteiger partial charge in [0.2, 0.25) is 0 Å². The number of carboxylic acid groups (broad SMARTS) is 2. The smallest absolute Gasteiger partial charge is 0.872 e. The third kappa shape index (κ3) is 8.12. The van der Waals surface area contributed by atoms with Crippen LogP contribution in [0.25, 0.3) is 6.08 Å². The Morgan fingerprint density at radius 2 is 1.53 bits per heavy atom. The summed E-state index contributed by atoms with van der Waals surface area (Å²) in [6.07, 6.45) is 0.652. The number of halogens is 1. The first-order valence-corrected chi connectivity index (χ1v) is 4.40. The summed E-state index contributed by atoms with van der Waals surface area (Å²) in [4.78, 5) is 20.8. The monoisotopic (exact) mass is 308 g/mol. The van der Waals surface area contributed by atoms with Crippen molar-refractivity contribution in [3.8, 4) is 5.75 Å². The molecule has 0 aliphatic heterocycles. The van der Waals surface area contributed by atoms with E-state index in [4.69, 9.17) is 11.6 Å². The average Bonchev–Trinajstić information content (AvgIpc) is 2.18. The predicted molar refractivity (Wildman–Crippen MR) is 48.9 cm³/mol. The van der Waals surface area contributed by atoms with Crippen molar-refractivity contribution in [1.29, 1.82) is 0 Å². The first-order chi connectivity index (χ1) is 7.41. The van der Waals surface area contributed by atoms with Gasteiger partial charge in [0.05, 0.1) is 11.9 Å². The number of carbonyl (C=O) groups excluding carboxylic acids is 2. The van der Waals surface area contributed by atoms with Gasteiger partial charge in [-0.25, -0.2) is 0 Å². The van der Waals surface area contributed by atoms with E-state index in [1.807, 2.05) is 0 Å². The Balaban J connectivity index is -0.000000853. The van der Waals surface area contributed by atoms with Crippen LogP contribution in [0.15, 0.2) is 23.8 Å². The fourth-order valence-corrected chi connectivity index (χ4v) is 1.17. The SMILES string of the molecule is O=C([O-])C(=Cc1cc(Cl)ccc1[O-])C(=O)[O-].[Na+].[Na+].[Na+]. The molecule has 0 unspecified atom stereocenters. The summed E-state index contributed by atoms with van der Waals surface area (Å²) >= 11 is 5.57. The largest absolute Gasteiger partial charge is 1.00 e. The van der Waals surface area contributed by atoms with Gasteiger partial charge in [0.25, 0.3) is 0 Å². The second kappa shape index (κ2) is 11.6. The predicted octanol–water partition coefficient (Wildman–Crippen LogP) is -10.7. The third-order valence-electron chi connectivity index (χ3n) is 1.71. The summed E-state index contributed by atoms with van der Waals surface area (Å²) in [5.74, 6) is -4.41. The minimum atomic E-state index is -1.93. The Bertz CT molecular complexity index is 474. The summed E-state index contributed by atoms with van der Waals surface area (Å²) in [6, 6.07) is 3.55. The Hall–Kier alpha value is 0.990. The number of carboxylic acids is 2. The van der Waals surface area contributed by atoms with Crippen LogP contribution in [0.5, 0.6) is 5.75 Å². The first kappa shape index (κ1) is 25.0. The van der Waals surface area contributed by atoms with Crippen molar-refractivity contribution < 1.29 is 114 Å². The Morgan fingerprint density at radius 3 is 1.95 bits per heavy atom. The fraction of sp³-hybridized carbons (Fsp3) is 0. The van der Waals surface area contributed by atoms with E-state index >= 15 is 0 Å². The van der Waals surface area contributed by atoms with Gasteiger partial charge in [0.15, 0.2) is 0 Å². The second-order valence-electron chi connectivity index (χ2n) is 2.82. The minimum absolute atomic E-state index is 0. The van der Waals surface area contributed by atoms with Crippen molar-refractivity contribution in [2.45, 2.75) is 0 Å². The molecule has 19 heavy (non-hydrogen) atoms. The first-order valence-electron chi connectivity index (χ1n) is 4.02. The molecule has 84 valence electrons. The number of benzene rings is 1. The molecular weight excluding hydrogens is 305 g/mol.